The molecule has 2 aromatic heterocycles. The van der Waals surface area contributed by atoms with Gasteiger partial charge in [-0.05, 0) is 40.8 Å². The summed E-state index contributed by atoms with van der Waals surface area (Å²) in [6, 6.07) is 13.3. The highest BCUT2D eigenvalue weighted by molar-refractivity contribution is 7.12. The molecule has 3 heterocycles. The van der Waals surface area contributed by atoms with Crippen LogP contribution in [0.4, 0.5) is 0 Å². The van der Waals surface area contributed by atoms with Gasteiger partial charge in [0.15, 0.2) is 5.76 Å². The van der Waals surface area contributed by atoms with Crippen LogP contribution in [0.25, 0.3) is 0 Å². The highest BCUT2D eigenvalue weighted by Crippen LogP contribution is 2.40. The molecule has 1 amide bonds. The van der Waals surface area contributed by atoms with Crippen molar-refractivity contribution < 1.29 is 14.7 Å². The molecular formula is C21H15ClN2O3S. The first-order valence-corrected chi connectivity index (χ1v) is 9.78. The molecule has 28 heavy (non-hydrogen) atoms. The van der Waals surface area contributed by atoms with Crippen molar-refractivity contribution in [3.8, 4) is 0 Å². The summed E-state index contributed by atoms with van der Waals surface area (Å²) in [5, 5.41) is 12.9. The van der Waals surface area contributed by atoms with Crippen LogP contribution in [0, 0.1) is 0 Å². The summed E-state index contributed by atoms with van der Waals surface area (Å²) in [6.07, 6.45) is 3.30. The molecular weight excluding hydrogens is 396 g/mol. The summed E-state index contributed by atoms with van der Waals surface area (Å²) in [4.78, 5) is 32.0. The number of aliphatic hydroxyl groups is 1. The van der Waals surface area contributed by atoms with Crippen LogP contribution in [0.15, 0.2) is 77.6 Å². The Morgan fingerprint density at radius 3 is 2.61 bits per heavy atom. The van der Waals surface area contributed by atoms with Crippen LogP contribution in [-0.4, -0.2) is 26.7 Å². The smallest absolute Gasteiger partial charge is 0.290 e. The molecule has 3 aromatic rings. The maximum Gasteiger partial charge on any atom is 0.290 e. The molecule has 4 rings (SSSR count). The number of benzene rings is 1. The normalized spacial score (nSPS) is 16.7. The Bertz CT molecular complexity index is 1050. The van der Waals surface area contributed by atoms with Crippen LogP contribution in [0.5, 0.6) is 0 Å². The van der Waals surface area contributed by atoms with Gasteiger partial charge >= 0.3 is 0 Å². The minimum Gasteiger partial charge on any atom is -0.503 e. The molecule has 0 saturated heterocycles. The molecule has 1 aliphatic heterocycles. The predicted octanol–water partition coefficient (Wildman–Crippen LogP) is 4.58. The maximum absolute atomic E-state index is 13.1. The minimum absolute atomic E-state index is 0.0821. The van der Waals surface area contributed by atoms with E-state index < -0.39 is 17.7 Å². The summed E-state index contributed by atoms with van der Waals surface area (Å²) in [6.45, 7) is 0.214. The molecule has 5 nitrogen and oxygen atoms in total. The summed E-state index contributed by atoms with van der Waals surface area (Å²) >= 11 is 7.28. The third-order valence-corrected chi connectivity index (χ3v) is 5.68. The van der Waals surface area contributed by atoms with Crippen molar-refractivity contribution in [2.75, 3.05) is 0 Å². The largest absolute Gasteiger partial charge is 0.503 e. The topological polar surface area (TPSA) is 70.5 Å². The molecule has 1 aromatic carbocycles. The van der Waals surface area contributed by atoms with E-state index in [4.69, 9.17) is 11.6 Å². The van der Waals surface area contributed by atoms with Crippen LogP contribution in [0.1, 0.15) is 26.8 Å². The molecule has 140 valence electrons. The average molecular weight is 411 g/mol. The first-order chi connectivity index (χ1) is 13.6. The Morgan fingerprint density at radius 1 is 1.18 bits per heavy atom. The second kappa shape index (κ2) is 7.58. The summed E-state index contributed by atoms with van der Waals surface area (Å²) in [5.41, 5.74) is 1.58. The lowest BCUT2D eigenvalue weighted by Crippen LogP contribution is -2.30. The van der Waals surface area contributed by atoms with Gasteiger partial charge in [-0.3, -0.25) is 14.6 Å². The Morgan fingerprint density at radius 2 is 1.96 bits per heavy atom. The van der Waals surface area contributed by atoms with Gasteiger partial charge in [0.25, 0.3) is 5.91 Å². The molecule has 0 radical (unpaired) electrons. The predicted molar refractivity (Wildman–Crippen MR) is 107 cm³/mol. The Labute approximate surface area is 170 Å². The van der Waals surface area contributed by atoms with E-state index in [-0.39, 0.29) is 17.9 Å². The molecule has 0 bridgehead atoms. The fourth-order valence-corrected chi connectivity index (χ4v) is 4.07. The number of rotatable bonds is 5. The van der Waals surface area contributed by atoms with Crippen molar-refractivity contribution in [1.29, 1.82) is 0 Å². The Hall–Kier alpha value is -2.96. The maximum atomic E-state index is 13.1. The summed E-state index contributed by atoms with van der Waals surface area (Å²) in [7, 11) is 0. The standard InChI is InChI=1S/C21H15ClN2O3S/c22-15-7-5-14(6-8-15)18-17(19(25)16-4-2-10-28-16)20(26)21(27)24(18)12-13-3-1-9-23-11-13/h1-11,18,26H,12H2. The number of aromatic nitrogens is 1. The average Bonchev–Trinajstić information content (AvgIpc) is 3.33. The number of nitrogens with zero attached hydrogens (tertiary/aromatic N) is 2. The summed E-state index contributed by atoms with van der Waals surface area (Å²) in [5.74, 6) is -1.44. The van der Waals surface area contributed by atoms with Crippen LogP contribution in [0.3, 0.4) is 0 Å². The van der Waals surface area contributed by atoms with Crippen LogP contribution in [-0.2, 0) is 11.3 Å². The number of hydrogen-bond donors (Lipinski definition) is 1. The first kappa shape index (κ1) is 18.4. The van der Waals surface area contributed by atoms with Gasteiger partial charge in [-0.1, -0.05) is 35.9 Å². The second-order valence-corrected chi connectivity index (χ2v) is 7.70. The minimum atomic E-state index is -0.709. The number of pyridine rings is 1. The molecule has 0 spiro atoms. The third-order valence-electron chi connectivity index (χ3n) is 4.55. The van der Waals surface area contributed by atoms with Gasteiger partial charge in [-0.15, -0.1) is 11.3 Å². The zero-order valence-electron chi connectivity index (χ0n) is 14.6. The number of hydrogen-bond acceptors (Lipinski definition) is 5. The van der Waals surface area contributed by atoms with Gasteiger partial charge in [-0.25, -0.2) is 0 Å². The van der Waals surface area contributed by atoms with E-state index in [0.717, 1.165) is 5.56 Å². The second-order valence-electron chi connectivity index (χ2n) is 6.32. The number of amides is 1. The fourth-order valence-electron chi connectivity index (χ4n) is 3.27. The van der Waals surface area contributed by atoms with E-state index in [1.165, 1.54) is 16.2 Å². The van der Waals surface area contributed by atoms with E-state index >= 15 is 0 Å². The lowest BCUT2D eigenvalue weighted by Gasteiger charge is -2.26. The highest BCUT2D eigenvalue weighted by atomic mass is 35.5. The molecule has 1 unspecified atom stereocenters. The van der Waals surface area contributed by atoms with Crippen LogP contribution >= 0.6 is 22.9 Å². The lowest BCUT2D eigenvalue weighted by atomic mass is 9.95. The van der Waals surface area contributed by atoms with E-state index in [9.17, 15) is 14.7 Å². The lowest BCUT2D eigenvalue weighted by molar-refractivity contribution is -0.130. The molecule has 0 saturated carbocycles. The SMILES string of the molecule is O=C(C1=C(O)C(=O)N(Cc2cccnc2)C1c1ccc(Cl)cc1)c1cccs1. The van der Waals surface area contributed by atoms with Crippen molar-refractivity contribution in [2.24, 2.45) is 0 Å². The number of carbonyl (C=O) groups excluding carboxylic acids is 2. The number of Topliss-reactive ketones (excluding diaryl/α,β-unsaturated/α-hetero) is 1. The van der Waals surface area contributed by atoms with Crippen molar-refractivity contribution in [2.45, 2.75) is 12.6 Å². The van der Waals surface area contributed by atoms with Crippen molar-refractivity contribution in [3.63, 3.8) is 0 Å². The molecule has 0 aliphatic carbocycles. The van der Waals surface area contributed by atoms with Crippen molar-refractivity contribution >= 4 is 34.6 Å². The van der Waals surface area contributed by atoms with Crippen molar-refractivity contribution in [1.82, 2.24) is 9.88 Å². The summed E-state index contributed by atoms with van der Waals surface area (Å²) < 4.78 is 0. The number of ketones is 1. The van der Waals surface area contributed by atoms with E-state index in [2.05, 4.69) is 4.98 Å². The van der Waals surface area contributed by atoms with E-state index in [1.54, 1.807) is 60.2 Å². The van der Waals surface area contributed by atoms with Crippen molar-refractivity contribution in [3.05, 3.63) is 98.7 Å². The number of thiophene rings is 1. The fraction of sp³-hybridized carbons (Fsp3) is 0.0952. The van der Waals surface area contributed by atoms with Crippen LogP contribution < -0.4 is 0 Å². The Kier molecular flexibility index (Phi) is 4.98. The first-order valence-electron chi connectivity index (χ1n) is 8.53. The zero-order chi connectivity index (χ0) is 19.7. The molecule has 7 heteroatoms. The van der Waals surface area contributed by atoms with Gasteiger partial charge in [-0.2, -0.15) is 0 Å². The zero-order valence-corrected chi connectivity index (χ0v) is 16.2. The monoisotopic (exact) mass is 410 g/mol. The van der Waals surface area contributed by atoms with E-state index in [0.29, 0.717) is 15.5 Å². The quantitative estimate of drug-likeness (QED) is 0.625. The van der Waals surface area contributed by atoms with Gasteiger partial charge in [0, 0.05) is 24.0 Å². The number of halogens is 1. The third kappa shape index (κ3) is 3.32. The molecule has 0 fully saturated rings. The number of aliphatic hydroxyl groups excluding tert-OH is 1. The number of carbonyl (C=O) groups is 2. The van der Waals surface area contributed by atoms with Gasteiger partial charge in [0.05, 0.1) is 16.5 Å². The van der Waals surface area contributed by atoms with Crippen LogP contribution in [0.2, 0.25) is 5.02 Å². The molecule has 1 atom stereocenters. The molecule has 1 N–H and O–H groups in total. The van der Waals surface area contributed by atoms with E-state index in [1.807, 2.05) is 6.07 Å². The highest BCUT2D eigenvalue weighted by Gasteiger charge is 2.43. The molecule has 1 aliphatic rings. The van der Waals surface area contributed by atoms with Gasteiger partial charge < -0.3 is 10.0 Å². The van der Waals surface area contributed by atoms with Gasteiger partial charge in [0.1, 0.15) is 0 Å². The van der Waals surface area contributed by atoms with Gasteiger partial charge in [0.2, 0.25) is 5.78 Å². The Balaban J connectivity index is 1.79.